The summed E-state index contributed by atoms with van der Waals surface area (Å²) in [6.45, 7) is 4.00. The lowest BCUT2D eigenvalue weighted by molar-refractivity contribution is 1.18. The number of pyridine rings is 1. The average Bonchev–Trinajstić information content (AvgIpc) is 2.21. The van der Waals surface area contributed by atoms with Crippen molar-refractivity contribution in [2.45, 2.75) is 13.8 Å². The van der Waals surface area contributed by atoms with Gasteiger partial charge in [0.15, 0.2) is 5.65 Å². The molecule has 2 aromatic rings. The lowest BCUT2D eigenvalue weighted by Crippen LogP contribution is -1.82. The first kappa shape index (κ1) is 8.59. The van der Waals surface area contributed by atoms with Gasteiger partial charge in [-0.15, -0.1) is 0 Å². The maximum Gasteiger partial charge on any atom is 0.162 e. The first-order valence-corrected chi connectivity index (χ1v) is 3.97. The van der Waals surface area contributed by atoms with Crippen LogP contribution in [-0.4, -0.2) is 15.0 Å². The summed E-state index contributed by atoms with van der Waals surface area (Å²) in [5.74, 6) is 0. The van der Waals surface area contributed by atoms with Gasteiger partial charge in [-0.2, -0.15) is 0 Å². The molecule has 0 aromatic carbocycles. The van der Waals surface area contributed by atoms with E-state index < -0.39 is 0 Å². The fourth-order valence-electron chi connectivity index (χ4n) is 0.820. The van der Waals surface area contributed by atoms with E-state index in [1.54, 1.807) is 12.4 Å². The molecule has 3 heteroatoms. The summed E-state index contributed by atoms with van der Waals surface area (Å²) < 4.78 is 0. The molecule has 2 rings (SSSR count). The van der Waals surface area contributed by atoms with Gasteiger partial charge in [0.25, 0.3) is 0 Å². The van der Waals surface area contributed by atoms with Crippen molar-refractivity contribution in [3.8, 4) is 0 Å². The van der Waals surface area contributed by atoms with Crippen molar-refractivity contribution < 1.29 is 0 Å². The quantitative estimate of drug-likeness (QED) is 0.593. The van der Waals surface area contributed by atoms with Gasteiger partial charge in [0.2, 0.25) is 0 Å². The van der Waals surface area contributed by atoms with Crippen molar-refractivity contribution >= 4 is 11.0 Å². The van der Waals surface area contributed by atoms with Crippen LogP contribution in [0.1, 0.15) is 13.8 Å². The molecule has 2 heterocycles. The fourth-order valence-corrected chi connectivity index (χ4v) is 0.820. The van der Waals surface area contributed by atoms with Crippen LogP contribution in [0, 0.1) is 0 Å². The molecule has 0 unspecified atom stereocenters. The highest BCUT2D eigenvalue weighted by molar-refractivity contribution is 5.72. The SMILES string of the molecule is CC.c1cnc2ncncc2c1. The van der Waals surface area contributed by atoms with Gasteiger partial charge in [0.1, 0.15) is 6.33 Å². The minimum atomic E-state index is 0.748. The highest BCUT2D eigenvalue weighted by Crippen LogP contribution is 2.02. The van der Waals surface area contributed by atoms with E-state index in [0.717, 1.165) is 11.0 Å². The van der Waals surface area contributed by atoms with Crippen LogP contribution in [0.5, 0.6) is 0 Å². The highest BCUT2D eigenvalue weighted by atomic mass is 14.9. The molecule has 0 spiro atoms. The Labute approximate surface area is 71.5 Å². The van der Waals surface area contributed by atoms with Crippen molar-refractivity contribution in [3.05, 3.63) is 30.9 Å². The molecule has 2 aromatic heterocycles. The summed E-state index contributed by atoms with van der Waals surface area (Å²) >= 11 is 0. The van der Waals surface area contributed by atoms with Gasteiger partial charge in [0, 0.05) is 17.8 Å². The van der Waals surface area contributed by atoms with E-state index in [-0.39, 0.29) is 0 Å². The Kier molecular flexibility index (Phi) is 3.14. The van der Waals surface area contributed by atoms with Gasteiger partial charge in [0.05, 0.1) is 0 Å². The van der Waals surface area contributed by atoms with Gasteiger partial charge in [-0.05, 0) is 12.1 Å². The van der Waals surface area contributed by atoms with Crippen molar-refractivity contribution in [1.82, 2.24) is 15.0 Å². The fraction of sp³-hybridized carbons (Fsp3) is 0.222. The topological polar surface area (TPSA) is 38.7 Å². The molecule has 0 atom stereocenters. The van der Waals surface area contributed by atoms with Crippen LogP contribution in [-0.2, 0) is 0 Å². The molecule has 0 aliphatic rings. The van der Waals surface area contributed by atoms with Crippen LogP contribution < -0.4 is 0 Å². The lowest BCUT2D eigenvalue weighted by Gasteiger charge is -1.89. The minimum Gasteiger partial charge on any atom is -0.244 e. The first-order chi connectivity index (χ1) is 5.97. The maximum absolute atomic E-state index is 4.03. The molecule has 0 amide bonds. The van der Waals surface area contributed by atoms with Crippen LogP contribution >= 0.6 is 0 Å². The first-order valence-electron chi connectivity index (χ1n) is 3.97. The molecule has 3 nitrogen and oxygen atoms in total. The van der Waals surface area contributed by atoms with E-state index in [1.807, 2.05) is 26.0 Å². The number of hydrogen-bond donors (Lipinski definition) is 0. The summed E-state index contributed by atoms with van der Waals surface area (Å²) in [5, 5.41) is 0.977. The minimum absolute atomic E-state index is 0.748. The third-order valence-corrected chi connectivity index (χ3v) is 1.28. The van der Waals surface area contributed by atoms with E-state index in [0.29, 0.717) is 0 Å². The molecule has 0 bridgehead atoms. The normalized spacial score (nSPS) is 8.83. The predicted molar refractivity (Wildman–Crippen MR) is 48.7 cm³/mol. The summed E-state index contributed by atoms with van der Waals surface area (Å²) in [7, 11) is 0. The smallest absolute Gasteiger partial charge is 0.162 e. The number of hydrogen-bond acceptors (Lipinski definition) is 3. The zero-order valence-electron chi connectivity index (χ0n) is 7.23. The van der Waals surface area contributed by atoms with E-state index in [4.69, 9.17) is 0 Å². The van der Waals surface area contributed by atoms with E-state index in [9.17, 15) is 0 Å². The molecule has 0 fully saturated rings. The molecule has 62 valence electrons. The number of nitrogens with zero attached hydrogens (tertiary/aromatic N) is 3. The Balaban J connectivity index is 0.000000336. The van der Waals surface area contributed by atoms with Gasteiger partial charge in [-0.25, -0.2) is 15.0 Å². The second-order valence-corrected chi connectivity index (χ2v) is 1.94. The van der Waals surface area contributed by atoms with Crippen LogP contribution in [0.3, 0.4) is 0 Å². The van der Waals surface area contributed by atoms with Crippen molar-refractivity contribution in [1.29, 1.82) is 0 Å². The lowest BCUT2D eigenvalue weighted by atomic mass is 10.3. The monoisotopic (exact) mass is 161 g/mol. The summed E-state index contributed by atoms with van der Waals surface area (Å²) in [4.78, 5) is 11.9. The summed E-state index contributed by atoms with van der Waals surface area (Å²) in [6, 6.07) is 3.80. The van der Waals surface area contributed by atoms with Crippen LogP contribution in [0.25, 0.3) is 11.0 Å². The zero-order valence-corrected chi connectivity index (χ0v) is 7.23. The summed E-state index contributed by atoms with van der Waals surface area (Å²) in [6.07, 6.45) is 4.96. The van der Waals surface area contributed by atoms with Gasteiger partial charge < -0.3 is 0 Å². The molecule has 12 heavy (non-hydrogen) atoms. The Morgan fingerprint density at radius 2 is 2.00 bits per heavy atom. The highest BCUT2D eigenvalue weighted by Gasteiger charge is 1.89. The zero-order chi connectivity index (χ0) is 8.81. The molecule has 0 aliphatic heterocycles. The third-order valence-electron chi connectivity index (χ3n) is 1.28. The van der Waals surface area contributed by atoms with Crippen molar-refractivity contribution in [2.24, 2.45) is 0 Å². The van der Waals surface area contributed by atoms with E-state index >= 15 is 0 Å². The van der Waals surface area contributed by atoms with Crippen LogP contribution in [0.4, 0.5) is 0 Å². The standard InChI is InChI=1S/C7H5N3.C2H6/c1-2-6-4-8-5-10-7(6)9-3-1;1-2/h1-5H;1-2H3. The van der Waals surface area contributed by atoms with Crippen LogP contribution in [0.15, 0.2) is 30.9 Å². The maximum atomic E-state index is 4.03. The molecule has 0 saturated heterocycles. The van der Waals surface area contributed by atoms with Gasteiger partial charge in [-0.1, -0.05) is 13.8 Å². The molecule has 0 radical (unpaired) electrons. The molecule has 0 saturated carbocycles. The number of aromatic nitrogens is 3. The second kappa shape index (κ2) is 4.38. The Bertz CT molecular complexity index is 281. The number of rotatable bonds is 0. The predicted octanol–water partition coefficient (Wildman–Crippen LogP) is 2.05. The Morgan fingerprint density at radius 1 is 1.17 bits per heavy atom. The third kappa shape index (κ3) is 1.75. The Morgan fingerprint density at radius 3 is 2.75 bits per heavy atom. The second-order valence-electron chi connectivity index (χ2n) is 1.94. The van der Waals surface area contributed by atoms with E-state index in [1.165, 1.54) is 6.33 Å². The van der Waals surface area contributed by atoms with Crippen molar-refractivity contribution in [3.63, 3.8) is 0 Å². The Hall–Kier alpha value is -1.51. The summed E-state index contributed by atoms with van der Waals surface area (Å²) in [5.41, 5.74) is 0.748. The van der Waals surface area contributed by atoms with Crippen molar-refractivity contribution in [2.75, 3.05) is 0 Å². The molecule has 0 aliphatic carbocycles. The van der Waals surface area contributed by atoms with E-state index in [2.05, 4.69) is 15.0 Å². The largest absolute Gasteiger partial charge is 0.244 e. The van der Waals surface area contributed by atoms with Crippen LogP contribution in [0.2, 0.25) is 0 Å². The average molecular weight is 161 g/mol. The van der Waals surface area contributed by atoms with Gasteiger partial charge in [-0.3, -0.25) is 0 Å². The molecule has 0 N–H and O–H groups in total. The molecular weight excluding hydrogens is 150 g/mol. The molecular formula is C9H11N3. The van der Waals surface area contributed by atoms with Gasteiger partial charge >= 0.3 is 0 Å². The number of fused-ring (bicyclic) bond motifs is 1.